The minimum atomic E-state index is 0.136. The molecule has 0 aliphatic heterocycles. The van der Waals surface area contributed by atoms with Crippen LogP contribution < -0.4 is 5.32 Å². The molecular formula is C16H17ClN2OS. The van der Waals surface area contributed by atoms with Gasteiger partial charge in [-0.3, -0.25) is 0 Å². The molecule has 0 aliphatic rings. The minimum Gasteiger partial charge on any atom is -0.453 e. The van der Waals surface area contributed by atoms with Crippen LogP contribution in [0.1, 0.15) is 30.0 Å². The van der Waals surface area contributed by atoms with Gasteiger partial charge in [-0.15, -0.1) is 11.3 Å². The number of benzene rings is 1. The number of hydrogen-bond donors (Lipinski definition) is 1. The molecule has 0 fully saturated rings. The zero-order chi connectivity index (χ0) is 14.7. The van der Waals surface area contributed by atoms with E-state index in [1.54, 1.807) is 17.6 Å². The Kier molecular flexibility index (Phi) is 4.58. The molecule has 0 saturated carbocycles. The van der Waals surface area contributed by atoms with E-state index in [2.05, 4.69) is 24.4 Å². The zero-order valence-corrected chi connectivity index (χ0v) is 13.4. The number of aromatic nitrogens is 1. The Morgan fingerprint density at radius 2 is 2.19 bits per heavy atom. The van der Waals surface area contributed by atoms with Gasteiger partial charge < -0.3 is 9.73 Å². The fourth-order valence-electron chi connectivity index (χ4n) is 2.35. The summed E-state index contributed by atoms with van der Waals surface area (Å²) in [4.78, 5) is 4.70. The number of para-hydroxylation sites is 1. The van der Waals surface area contributed by atoms with Crippen molar-refractivity contribution in [1.29, 1.82) is 0 Å². The van der Waals surface area contributed by atoms with Crippen LogP contribution in [0, 0.1) is 0 Å². The maximum atomic E-state index is 6.13. The molecule has 5 heteroatoms. The van der Waals surface area contributed by atoms with Gasteiger partial charge in [-0.2, -0.15) is 0 Å². The molecule has 2 aromatic heterocycles. The van der Waals surface area contributed by atoms with Crippen LogP contribution in [-0.2, 0) is 6.42 Å². The highest BCUT2D eigenvalue weighted by Gasteiger charge is 2.18. The van der Waals surface area contributed by atoms with Crippen molar-refractivity contribution in [1.82, 2.24) is 10.3 Å². The van der Waals surface area contributed by atoms with E-state index in [0.717, 1.165) is 35.5 Å². The normalized spacial score (nSPS) is 12.9. The maximum absolute atomic E-state index is 6.13. The van der Waals surface area contributed by atoms with Crippen LogP contribution in [0.3, 0.4) is 0 Å². The van der Waals surface area contributed by atoms with Gasteiger partial charge in [0.15, 0.2) is 5.22 Å². The number of halogens is 1. The van der Waals surface area contributed by atoms with Gasteiger partial charge in [0, 0.05) is 18.0 Å². The van der Waals surface area contributed by atoms with E-state index in [9.17, 15) is 0 Å². The molecule has 3 nitrogen and oxygen atoms in total. The summed E-state index contributed by atoms with van der Waals surface area (Å²) in [6, 6.07) is 10.3. The molecule has 0 aliphatic carbocycles. The summed E-state index contributed by atoms with van der Waals surface area (Å²) in [5.74, 6) is 0. The number of hydrogen-bond acceptors (Lipinski definition) is 4. The SMILES string of the molecule is CCCNC(Cc1nc2ccccc2s1)c1ccoc1Cl. The lowest BCUT2D eigenvalue weighted by atomic mass is 10.1. The molecule has 2 heterocycles. The minimum absolute atomic E-state index is 0.136. The first-order valence-corrected chi connectivity index (χ1v) is 8.28. The van der Waals surface area contributed by atoms with Gasteiger partial charge in [-0.1, -0.05) is 19.1 Å². The topological polar surface area (TPSA) is 38.1 Å². The van der Waals surface area contributed by atoms with Gasteiger partial charge in [-0.05, 0) is 42.8 Å². The summed E-state index contributed by atoms with van der Waals surface area (Å²) in [6.07, 6.45) is 3.53. The lowest BCUT2D eigenvalue weighted by Gasteiger charge is -2.16. The summed E-state index contributed by atoms with van der Waals surface area (Å²) in [5.41, 5.74) is 2.06. The van der Waals surface area contributed by atoms with Gasteiger partial charge in [-0.25, -0.2) is 4.98 Å². The monoisotopic (exact) mass is 320 g/mol. The van der Waals surface area contributed by atoms with Gasteiger partial charge in [0.1, 0.15) is 0 Å². The van der Waals surface area contributed by atoms with Crippen molar-refractivity contribution >= 4 is 33.2 Å². The van der Waals surface area contributed by atoms with Gasteiger partial charge in [0.2, 0.25) is 0 Å². The zero-order valence-electron chi connectivity index (χ0n) is 11.8. The highest BCUT2D eigenvalue weighted by Crippen LogP contribution is 2.30. The Morgan fingerprint density at radius 1 is 1.33 bits per heavy atom. The van der Waals surface area contributed by atoms with Crippen molar-refractivity contribution in [3.05, 3.63) is 52.4 Å². The van der Waals surface area contributed by atoms with Crippen molar-refractivity contribution in [2.45, 2.75) is 25.8 Å². The number of rotatable bonds is 6. The molecule has 110 valence electrons. The highest BCUT2D eigenvalue weighted by atomic mass is 35.5. The molecule has 1 N–H and O–H groups in total. The average Bonchev–Trinajstić information content (AvgIpc) is 3.08. The second-order valence-corrected chi connectivity index (χ2v) is 6.39. The summed E-state index contributed by atoms with van der Waals surface area (Å²) in [6.45, 7) is 3.09. The highest BCUT2D eigenvalue weighted by molar-refractivity contribution is 7.18. The van der Waals surface area contributed by atoms with E-state index in [1.165, 1.54) is 4.70 Å². The smallest absolute Gasteiger partial charge is 0.197 e. The molecule has 0 radical (unpaired) electrons. The second kappa shape index (κ2) is 6.60. The predicted octanol–water partition coefficient (Wildman–Crippen LogP) is 4.83. The number of fused-ring (bicyclic) bond motifs is 1. The van der Waals surface area contributed by atoms with Crippen molar-refractivity contribution in [2.75, 3.05) is 6.54 Å². The maximum Gasteiger partial charge on any atom is 0.197 e. The number of nitrogens with zero attached hydrogens (tertiary/aromatic N) is 1. The summed E-state index contributed by atoms with van der Waals surface area (Å²) < 4.78 is 6.45. The van der Waals surface area contributed by atoms with E-state index >= 15 is 0 Å². The number of furan rings is 1. The van der Waals surface area contributed by atoms with Crippen LogP contribution in [0.5, 0.6) is 0 Å². The first-order chi connectivity index (χ1) is 10.3. The van der Waals surface area contributed by atoms with Crippen LogP contribution in [0.25, 0.3) is 10.2 Å². The Morgan fingerprint density at radius 3 is 2.90 bits per heavy atom. The van der Waals surface area contributed by atoms with Gasteiger partial charge >= 0.3 is 0 Å². The van der Waals surface area contributed by atoms with Crippen LogP contribution in [0.4, 0.5) is 0 Å². The molecule has 1 atom stereocenters. The lowest BCUT2D eigenvalue weighted by Crippen LogP contribution is -2.23. The molecule has 0 bridgehead atoms. The molecule has 1 aromatic carbocycles. The van der Waals surface area contributed by atoms with Crippen molar-refractivity contribution < 1.29 is 4.42 Å². The van der Waals surface area contributed by atoms with Crippen LogP contribution in [0.2, 0.25) is 5.22 Å². The molecule has 21 heavy (non-hydrogen) atoms. The third-order valence-electron chi connectivity index (χ3n) is 3.38. The van der Waals surface area contributed by atoms with Crippen LogP contribution in [0.15, 0.2) is 41.0 Å². The molecule has 1 unspecified atom stereocenters. The Bertz CT molecular complexity index is 689. The quantitative estimate of drug-likeness (QED) is 0.707. The van der Waals surface area contributed by atoms with E-state index in [-0.39, 0.29) is 6.04 Å². The lowest BCUT2D eigenvalue weighted by molar-refractivity contribution is 0.513. The Labute approximate surface area is 133 Å². The van der Waals surface area contributed by atoms with Crippen molar-refractivity contribution in [3.8, 4) is 0 Å². The summed E-state index contributed by atoms with van der Waals surface area (Å²) >= 11 is 7.87. The Hall–Kier alpha value is -1.36. The first kappa shape index (κ1) is 14.6. The molecule has 3 aromatic rings. The third-order valence-corrected chi connectivity index (χ3v) is 4.75. The molecule has 3 rings (SSSR count). The second-order valence-electron chi connectivity index (χ2n) is 4.94. The van der Waals surface area contributed by atoms with E-state index in [0.29, 0.717) is 5.22 Å². The summed E-state index contributed by atoms with van der Waals surface area (Å²) in [5, 5.41) is 5.10. The van der Waals surface area contributed by atoms with E-state index in [4.69, 9.17) is 21.0 Å². The van der Waals surface area contributed by atoms with E-state index in [1.807, 2.05) is 18.2 Å². The Balaban J connectivity index is 1.85. The molecular weight excluding hydrogens is 304 g/mol. The number of thiazole rings is 1. The summed E-state index contributed by atoms with van der Waals surface area (Å²) in [7, 11) is 0. The predicted molar refractivity (Wildman–Crippen MR) is 88.1 cm³/mol. The molecule has 0 spiro atoms. The standard InChI is InChI=1S/C16H17ClN2OS/c1-2-8-18-13(11-7-9-20-16(11)17)10-15-19-12-5-3-4-6-14(12)21-15/h3-7,9,13,18H,2,8,10H2,1H3. The van der Waals surface area contributed by atoms with Gasteiger partial charge in [0.25, 0.3) is 0 Å². The molecule has 0 saturated heterocycles. The fraction of sp³-hybridized carbons (Fsp3) is 0.312. The van der Waals surface area contributed by atoms with Crippen molar-refractivity contribution in [2.24, 2.45) is 0 Å². The van der Waals surface area contributed by atoms with Crippen molar-refractivity contribution in [3.63, 3.8) is 0 Å². The first-order valence-electron chi connectivity index (χ1n) is 7.08. The van der Waals surface area contributed by atoms with Crippen LogP contribution >= 0.6 is 22.9 Å². The third kappa shape index (κ3) is 3.28. The van der Waals surface area contributed by atoms with Crippen LogP contribution in [-0.4, -0.2) is 11.5 Å². The average molecular weight is 321 g/mol. The number of nitrogens with one attached hydrogen (secondary N) is 1. The fourth-order valence-corrected chi connectivity index (χ4v) is 3.61. The molecule has 0 amide bonds. The van der Waals surface area contributed by atoms with Gasteiger partial charge in [0.05, 0.1) is 21.5 Å². The largest absolute Gasteiger partial charge is 0.453 e. The van der Waals surface area contributed by atoms with E-state index < -0.39 is 0 Å².